The molecule has 0 aliphatic heterocycles. The Labute approximate surface area is 140 Å². The number of aliphatic carboxylic acids is 2. The molecule has 0 aliphatic carbocycles. The Hall–Kier alpha value is -1.87. The first-order valence-electron chi connectivity index (χ1n) is 6.90. The maximum absolute atomic E-state index is 11.9. The molecule has 0 aromatic heterocycles. The van der Waals surface area contributed by atoms with E-state index in [1.165, 1.54) is 0 Å². The molecule has 0 unspecified atom stereocenters. The number of amides is 2. The second-order valence-electron chi connectivity index (χ2n) is 5.34. The fraction of sp³-hybridized carbons (Fsp3) is 0.692. The molecule has 0 bridgehead atoms. The lowest BCUT2D eigenvalue weighted by molar-refractivity contribution is -0.139. The Morgan fingerprint density at radius 2 is 1.70 bits per heavy atom. The third kappa shape index (κ3) is 11.4. The average molecular weight is 354 g/mol. The molecular weight excluding hydrogens is 330 g/mol. The molecule has 0 spiro atoms. The first-order chi connectivity index (χ1) is 10.1. The number of halogens is 1. The summed E-state index contributed by atoms with van der Waals surface area (Å²) in [4.78, 5) is 44.6. The summed E-state index contributed by atoms with van der Waals surface area (Å²) in [6.07, 6.45) is 0.156. The minimum Gasteiger partial charge on any atom is -0.480 e. The van der Waals surface area contributed by atoms with E-state index in [-0.39, 0.29) is 31.2 Å². The summed E-state index contributed by atoms with van der Waals surface area (Å²) in [7, 11) is 0. The quantitative estimate of drug-likeness (QED) is 0.348. The van der Waals surface area contributed by atoms with Gasteiger partial charge >= 0.3 is 11.9 Å². The first kappa shape index (κ1) is 23.4. The Morgan fingerprint density at radius 1 is 1.13 bits per heavy atom. The molecule has 9 nitrogen and oxygen atoms in total. The second-order valence-corrected chi connectivity index (χ2v) is 5.34. The van der Waals surface area contributed by atoms with E-state index in [9.17, 15) is 19.2 Å². The first-order valence-corrected chi connectivity index (χ1v) is 6.90. The van der Waals surface area contributed by atoms with Crippen LogP contribution >= 0.6 is 12.4 Å². The molecule has 0 rings (SSSR count). The van der Waals surface area contributed by atoms with Gasteiger partial charge in [-0.3, -0.25) is 19.2 Å². The molecule has 0 aromatic rings. The Balaban J connectivity index is 0. The normalized spacial score (nSPS) is 12.7. The fourth-order valence-corrected chi connectivity index (χ4v) is 1.67. The van der Waals surface area contributed by atoms with Crippen molar-refractivity contribution in [1.29, 1.82) is 0 Å². The van der Waals surface area contributed by atoms with Crippen molar-refractivity contribution in [2.75, 3.05) is 6.54 Å². The zero-order chi connectivity index (χ0) is 17.3. The van der Waals surface area contributed by atoms with Crippen molar-refractivity contribution in [3.8, 4) is 0 Å². The molecule has 134 valence electrons. The zero-order valence-corrected chi connectivity index (χ0v) is 13.9. The van der Waals surface area contributed by atoms with Gasteiger partial charge in [0.25, 0.3) is 0 Å². The van der Waals surface area contributed by atoms with E-state index in [2.05, 4.69) is 10.6 Å². The number of carbonyl (C=O) groups is 4. The van der Waals surface area contributed by atoms with E-state index in [4.69, 9.17) is 15.9 Å². The molecule has 6 N–H and O–H groups in total. The Kier molecular flexibility index (Phi) is 11.9. The number of carboxylic acids is 2. The van der Waals surface area contributed by atoms with Gasteiger partial charge in [-0.05, 0) is 18.8 Å². The lowest BCUT2D eigenvalue weighted by atomic mass is 10.0. The van der Waals surface area contributed by atoms with Gasteiger partial charge in [0.1, 0.15) is 18.6 Å². The van der Waals surface area contributed by atoms with Crippen LogP contribution in [0.4, 0.5) is 0 Å². The van der Waals surface area contributed by atoms with Gasteiger partial charge < -0.3 is 26.6 Å². The van der Waals surface area contributed by atoms with Gasteiger partial charge in [0, 0.05) is 6.42 Å². The fourth-order valence-electron chi connectivity index (χ4n) is 1.67. The van der Waals surface area contributed by atoms with Crippen LogP contribution < -0.4 is 16.4 Å². The summed E-state index contributed by atoms with van der Waals surface area (Å²) in [6.45, 7) is 3.17. The number of hydrogen-bond donors (Lipinski definition) is 5. The molecule has 0 saturated carbocycles. The van der Waals surface area contributed by atoms with E-state index in [0.29, 0.717) is 6.42 Å². The molecule has 23 heavy (non-hydrogen) atoms. The van der Waals surface area contributed by atoms with E-state index < -0.39 is 42.4 Å². The SMILES string of the molecule is CC(C)C[C@H](NC(=O)CC[C@H](N)C(=O)O)C(=O)NCC(=O)O.Cl. The summed E-state index contributed by atoms with van der Waals surface area (Å²) in [6, 6.07) is -2.01. The van der Waals surface area contributed by atoms with Gasteiger partial charge in [-0.15, -0.1) is 12.4 Å². The maximum atomic E-state index is 11.9. The average Bonchev–Trinajstić information content (AvgIpc) is 2.40. The molecule has 0 heterocycles. The van der Waals surface area contributed by atoms with Crippen molar-refractivity contribution in [2.24, 2.45) is 11.7 Å². The molecule has 10 heteroatoms. The van der Waals surface area contributed by atoms with Crippen molar-refractivity contribution in [1.82, 2.24) is 10.6 Å². The Bertz CT molecular complexity index is 430. The molecule has 0 aromatic carbocycles. The van der Waals surface area contributed by atoms with Crippen molar-refractivity contribution in [3.63, 3.8) is 0 Å². The third-order valence-corrected chi connectivity index (χ3v) is 2.77. The van der Waals surface area contributed by atoms with E-state index >= 15 is 0 Å². The summed E-state index contributed by atoms with van der Waals surface area (Å²) >= 11 is 0. The molecule has 2 amide bonds. The van der Waals surface area contributed by atoms with E-state index in [0.717, 1.165) is 0 Å². The van der Waals surface area contributed by atoms with Crippen LogP contribution in [-0.4, -0.2) is 52.6 Å². The number of nitrogens with two attached hydrogens (primary N) is 1. The van der Waals surface area contributed by atoms with Crippen molar-refractivity contribution in [2.45, 2.75) is 45.2 Å². The van der Waals surface area contributed by atoms with Crippen molar-refractivity contribution in [3.05, 3.63) is 0 Å². The van der Waals surface area contributed by atoms with Gasteiger partial charge in [0.05, 0.1) is 0 Å². The van der Waals surface area contributed by atoms with Crippen LogP contribution in [0.1, 0.15) is 33.1 Å². The largest absolute Gasteiger partial charge is 0.480 e. The number of carboxylic acid groups (broad SMARTS) is 2. The molecular formula is C13H24ClN3O6. The molecule has 0 saturated heterocycles. The van der Waals surface area contributed by atoms with Gasteiger partial charge in [0.15, 0.2) is 0 Å². The lowest BCUT2D eigenvalue weighted by Crippen LogP contribution is -2.48. The van der Waals surface area contributed by atoms with Crippen LogP contribution in [0.2, 0.25) is 0 Å². The van der Waals surface area contributed by atoms with E-state index in [1.54, 1.807) is 0 Å². The predicted octanol–water partition coefficient (Wildman–Crippen LogP) is -0.668. The number of carbonyl (C=O) groups excluding carboxylic acids is 2. The highest BCUT2D eigenvalue weighted by Crippen LogP contribution is 2.06. The van der Waals surface area contributed by atoms with Crippen LogP contribution in [0.3, 0.4) is 0 Å². The highest BCUT2D eigenvalue weighted by molar-refractivity contribution is 5.89. The molecule has 0 aliphatic rings. The number of hydrogen-bond acceptors (Lipinski definition) is 5. The zero-order valence-electron chi connectivity index (χ0n) is 13.1. The highest BCUT2D eigenvalue weighted by Gasteiger charge is 2.23. The summed E-state index contributed by atoms with van der Waals surface area (Å²) < 4.78 is 0. The minimum absolute atomic E-state index is 0. The predicted molar refractivity (Wildman–Crippen MR) is 84.1 cm³/mol. The standard InChI is InChI=1S/C13H23N3O6.ClH/c1-7(2)5-9(12(20)15-6-11(18)19)16-10(17)4-3-8(14)13(21)22;/h7-9H,3-6,14H2,1-2H3,(H,15,20)(H,16,17)(H,18,19)(H,21,22);1H/t8-,9-;/m0./s1. The Morgan fingerprint density at radius 3 is 2.13 bits per heavy atom. The second kappa shape index (κ2) is 11.7. The van der Waals surface area contributed by atoms with Gasteiger partial charge in [0.2, 0.25) is 11.8 Å². The summed E-state index contributed by atoms with van der Waals surface area (Å²) in [5.74, 6) is -3.39. The third-order valence-electron chi connectivity index (χ3n) is 2.77. The topological polar surface area (TPSA) is 159 Å². The molecule has 0 fully saturated rings. The van der Waals surface area contributed by atoms with E-state index in [1.807, 2.05) is 13.8 Å². The van der Waals surface area contributed by atoms with Crippen molar-refractivity contribution < 1.29 is 29.4 Å². The summed E-state index contributed by atoms with van der Waals surface area (Å²) in [5.41, 5.74) is 5.29. The minimum atomic E-state index is -1.20. The van der Waals surface area contributed by atoms with Crippen LogP contribution in [0, 0.1) is 5.92 Å². The number of rotatable bonds is 10. The van der Waals surface area contributed by atoms with Gasteiger partial charge in [-0.2, -0.15) is 0 Å². The monoisotopic (exact) mass is 353 g/mol. The molecule has 0 radical (unpaired) electrons. The van der Waals surface area contributed by atoms with Crippen molar-refractivity contribution >= 4 is 36.2 Å². The van der Waals surface area contributed by atoms with Crippen LogP contribution in [0.25, 0.3) is 0 Å². The summed E-state index contributed by atoms with van der Waals surface area (Å²) in [5, 5.41) is 21.8. The van der Waals surface area contributed by atoms with Crippen LogP contribution in [0.15, 0.2) is 0 Å². The van der Waals surface area contributed by atoms with Gasteiger partial charge in [-0.1, -0.05) is 13.8 Å². The lowest BCUT2D eigenvalue weighted by Gasteiger charge is -2.20. The number of nitrogens with one attached hydrogen (secondary N) is 2. The molecule has 2 atom stereocenters. The smallest absolute Gasteiger partial charge is 0.322 e. The maximum Gasteiger partial charge on any atom is 0.322 e. The van der Waals surface area contributed by atoms with Gasteiger partial charge in [-0.25, -0.2) is 0 Å². The highest BCUT2D eigenvalue weighted by atomic mass is 35.5. The van der Waals surface area contributed by atoms with Crippen LogP contribution in [0.5, 0.6) is 0 Å². The van der Waals surface area contributed by atoms with Crippen LogP contribution in [-0.2, 0) is 19.2 Å².